The molecule has 5 heteroatoms. The molecule has 1 fully saturated rings. The van der Waals surface area contributed by atoms with Gasteiger partial charge in [-0.3, -0.25) is 0 Å². The Labute approximate surface area is 113 Å². The highest BCUT2D eigenvalue weighted by molar-refractivity contribution is 5.77. The van der Waals surface area contributed by atoms with Crippen LogP contribution in [0.3, 0.4) is 0 Å². The first-order valence-electron chi connectivity index (χ1n) is 6.47. The fourth-order valence-electron chi connectivity index (χ4n) is 2.40. The summed E-state index contributed by atoms with van der Waals surface area (Å²) in [5.41, 5.74) is 7.92. The molecule has 1 aromatic carbocycles. The van der Waals surface area contributed by atoms with Crippen molar-refractivity contribution in [3.63, 3.8) is 0 Å². The third-order valence-electron chi connectivity index (χ3n) is 3.26. The predicted molar refractivity (Wildman–Crippen MR) is 74.2 cm³/mol. The number of aryl methyl sites for hydroxylation is 1. The molecule has 1 heterocycles. The van der Waals surface area contributed by atoms with Gasteiger partial charge in [-0.1, -0.05) is 17.7 Å². The standard InChI is InChI=1S/C14H21N3O2/c1-9-4-5-13(19-3)11(6-9)12-8-17(7-10(2)15)14(18)16-12/h4-6,10,12H,7-8,15H2,1-3H3,(H,16,18). The molecule has 3 N–H and O–H groups in total. The van der Waals surface area contributed by atoms with Crippen molar-refractivity contribution in [2.24, 2.45) is 5.73 Å². The highest BCUT2D eigenvalue weighted by Crippen LogP contribution is 2.29. The summed E-state index contributed by atoms with van der Waals surface area (Å²) in [4.78, 5) is 13.6. The van der Waals surface area contributed by atoms with Crippen LogP contribution in [0.25, 0.3) is 0 Å². The Morgan fingerprint density at radius 3 is 2.95 bits per heavy atom. The van der Waals surface area contributed by atoms with Gasteiger partial charge in [0.15, 0.2) is 0 Å². The summed E-state index contributed by atoms with van der Waals surface area (Å²) in [5, 5.41) is 2.98. The van der Waals surface area contributed by atoms with Crippen LogP contribution in [-0.2, 0) is 0 Å². The van der Waals surface area contributed by atoms with E-state index in [1.165, 1.54) is 0 Å². The van der Waals surface area contributed by atoms with Gasteiger partial charge in [0.1, 0.15) is 5.75 Å². The van der Waals surface area contributed by atoms with Crippen LogP contribution in [0.4, 0.5) is 4.79 Å². The van der Waals surface area contributed by atoms with Crippen molar-refractivity contribution in [1.29, 1.82) is 0 Å². The Balaban J connectivity index is 2.20. The van der Waals surface area contributed by atoms with E-state index in [0.29, 0.717) is 13.1 Å². The van der Waals surface area contributed by atoms with Crippen LogP contribution in [0.1, 0.15) is 24.1 Å². The Morgan fingerprint density at radius 2 is 2.32 bits per heavy atom. The molecule has 0 aromatic heterocycles. The lowest BCUT2D eigenvalue weighted by molar-refractivity contribution is 0.215. The summed E-state index contributed by atoms with van der Waals surface area (Å²) < 4.78 is 5.37. The number of nitrogens with zero attached hydrogens (tertiary/aromatic N) is 1. The lowest BCUT2D eigenvalue weighted by Gasteiger charge is -2.18. The van der Waals surface area contributed by atoms with Crippen LogP contribution in [-0.4, -0.2) is 37.2 Å². The molecule has 0 spiro atoms. The van der Waals surface area contributed by atoms with Crippen LogP contribution < -0.4 is 15.8 Å². The summed E-state index contributed by atoms with van der Waals surface area (Å²) in [6, 6.07) is 5.86. The van der Waals surface area contributed by atoms with E-state index in [1.54, 1.807) is 12.0 Å². The normalized spacial score (nSPS) is 20.3. The first kappa shape index (κ1) is 13.7. The molecule has 5 nitrogen and oxygen atoms in total. The topological polar surface area (TPSA) is 67.6 Å². The summed E-state index contributed by atoms with van der Waals surface area (Å²) in [7, 11) is 1.64. The minimum absolute atomic E-state index is 0.0242. The van der Waals surface area contributed by atoms with Gasteiger partial charge in [-0.2, -0.15) is 0 Å². The number of urea groups is 1. The molecule has 2 rings (SSSR count). The summed E-state index contributed by atoms with van der Waals surface area (Å²) in [5.74, 6) is 0.804. The Morgan fingerprint density at radius 1 is 1.58 bits per heavy atom. The molecule has 2 unspecified atom stereocenters. The second-order valence-corrected chi connectivity index (χ2v) is 5.13. The second kappa shape index (κ2) is 5.48. The number of nitrogens with one attached hydrogen (secondary N) is 1. The quantitative estimate of drug-likeness (QED) is 0.863. The fraction of sp³-hybridized carbons (Fsp3) is 0.500. The molecule has 1 saturated heterocycles. The Kier molecular flexibility index (Phi) is 3.95. The number of methoxy groups -OCH3 is 1. The number of hydrogen-bond acceptors (Lipinski definition) is 3. The van der Waals surface area contributed by atoms with Crippen molar-refractivity contribution in [2.45, 2.75) is 25.9 Å². The maximum atomic E-state index is 11.9. The lowest BCUT2D eigenvalue weighted by atomic mass is 10.0. The minimum atomic E-state index is -0.0640. The van der Waals surface area contributed by atoms with Crippen LogP contribution in [0.15, 0.2) is 18.2 Å². The Bertz CT molecular complexity index is 474. The van der Waals surface area contributed by atoms with Crippen molar-refractivity contribution in [3.8, 4) is 5.75 Å². The van der Waals surface area contributed by atoms with Crippen LogP contribution >= 0.6 is 0 Å². The van der Waals surface area contributed by atoms with Crippen molar-refractivity contribution < 1.29 is 9.53 Å². The van der Waals surface area contributed by atoms with Gasteiger partial charge in [-0.25, -0.2) is 4.79 Å². The lowest BCUT2D eigenvalue weighted by Crippen LogP contribution is -2.37. The summed E-state index contributed by atoms with van der Waals surface area (Å²) in [6.45, 7) is 5.12. The zero-order valence-corrected chi connectivity index (χ0v) is 11.6. The molecular formula is C14H21N3O2. The SMILES string of the molecule is COc1ccc(C)cc1C1CN(CC(C)N)C(=O)N1. The molecule has 0 aliphatic carbocycles. The number of rotatable bonds is 4. The van der Waals surface area contributed by atoms with Crippen molar-refractivity contribution in [3.05, 3.63) is 29.3 Å². The highest BCUT2D eigenvalue weighted by Gasteiger charge is 2.31. The molecule has 1 aliphatic rings. The molecule has 2 atom stereocenters. The van der Waals surface area contributed by atoms with E-state index in [4.69, 9.17) is 10.5 Å². The van der Waals surface area contributed by atoms with Gasteiger partial charge in [0, 0.05) is 24.7 Å². The molecule has 0 radical (unpaired) electrons. The number of hydrogen-bond donors (Lipinski definition) is 2. The molecule has 2 amide bonds. The van der Waals surface area contributed by atoms with Crippen molar-refractivity contribution in [2.75, 3.05) is 20.2 Å². The van der Waals surface area contributed by atoms with Gasteiger partial charge in [0.2, 0.25) is 0 Å². The van der Waals surface area contributed by atoms with Crippen molar-refractivity contribution >= 4 is 6.03 Å². The van der Waals surface area contributed by atoms with E-state index >= 15 is 0 Å². The van der Waals surface area contributed by atoms with Gasteiger partial charge < -0.3 is 20.7 Å². The molecule has 104 valence electrons. The second-order valence-electron chi connectivity index (χ2n) is 5.13. The monoisotopic (exact) mass is 263 g/mol. The van der Waals surface area contributed by atoms with E-state index in [0.717, 1.165) is 16.9 Å². The van der Waals surface area contributed by atoms with Crippen LogP contribution in [0, 0.1) is 6.92 Å². The maximum Gasteiger partial charge on any atom is 0.318 e. The zero-order valence-electron chi connectivity index (χ0n) is 11.6. The average Bonchev–Trinajstić information content (AvgIpc) is 2.70. The van der Waals surface area contributed by atoms with Gasteiger partial charge in [0.05, 0.1) is 13.2 Å². The molecule has 0 bridgehead atoms. The number of nitrogens with two attached hydrogens (primary N) is 1. The number of amides is 2. The molecule has 1 aliphatic heterocycles. The molecule has 0 saturated carbocycles. The zero-order chi connectivity index (χ0) is 14.0. The largest absolute Gasteiger partial charge is 0.496 e. The minimum Gasteiger partial charge on any atom is -0.496 e. The van der Waals surface area contributed by atoms with Gasteiger partial charge in [0.25, 0.3) is 0 Å². The smallest absolute Gasteiger partial charge is 0.318 e. The molecule has 1 aromatic rings. The van der Waals surface area contributed by atoms with Gasteiger partial charge >= 0.3 is 6.03 Å². The predicted octanol–water partition coefficient (Wildman–Crippen LogP) is 1.42. The molecular weight excluding hydrogens is 242 g/mol. The third-order valence-corrected chi connectivity index (χ3v) is 3.26. The number of benzene rings is 1. The van der Waals surface area contributed by atoms with E-state index in [2.05, 4.69) is 11.4 Å². The third kappa shape index (κ3) is 2.98. The van der Waals surface area contributed by atoms with E-state index < -0.39 is 0 Å². The summed E-state index contributed by atoms with van der Waals surface area (Å²) >= 11 is 0. The highest BCUT2D eigenvalue weighted by atomic mass is 16.5. The molecule has 19 heavy (non-hydrogen) atoms. The Hall–Kier alpha value is -1.75. The fourth-order valence-corrected chi connectivity index (χ4v) is 2.40. The van der Waals surface area contributed by atoms with Crippen LogP contribution in [0.5, 0.6) is 5.75 Å². The van der Waals surface area contributed by atoms with Gasteiger partial charge in [-0.15, -0.1) is 0 Å². The summed E-state index contributed by atoms with van der Waals surface area (Å²) in [6.07, 6.45) is 0. The average molecular weight is 263 g/mol. The van der Waals surface area contributed by atoms with Crippen LogP contribution in [0.2, 0.25) is 0 Å². The first-order chi connectivity index (χ1) is 9.01. The van der Waals surface area contributed by atoms with Gasteiger partial charge in [-0.05, 0) is 19.9 Å². The number of carbonyl (C=O) groups is 1. The number of ether oxygens (including phenoxy) is 1. The first-order valence-corrected chi connectivity index (χ1v) is 6.47. The van der Waals surface area contributed by atoms with E-state index in [-0.39, 0.29) is 18.1 Å². The van der Waals surface area contributed by atoms with Crippen molar-refractivity contribution in [1.82, 2.24) is 10.2 Å². The maximum absolute atomic E-state index is 11.9. The van der Waals surface area contributed by atoms with E-state index in [9.17, 15) is 4.79 Å². The van der Waals surface area contributed by atoms with E-state index in [1.807, 2.05) is 26.0 Å². The number of carbonyl (C=O) groups excluding carboxylic acids is 1.